The van der Waals surface area contributed by atoms with Gasteiger partial charge in [0.25, 0.3) is 0 Å². The molecular weight excluding hydrogens is 304 g/mol. The van der Waals surface area contributed by atoms with Crippen LogP contribution in [0.15, 0.2) is 30.6 Å². The maximum Gasteiger partial charge on any atom is 0.137 e. The van der Waals surface area contributed by atoms with Crippen LogP contribution in [0.1, 0.15) is 43.2 Å². The number of ether oxygens (including phenoxy) is 1. The highest BCUT2D eigenvalue weighted by Crippen LogP contribution is 2.31. The molecule has 0 spiro atoms. The van der Waals surface area contributed by atoms with Gasteiger partial charge in [-0.25, -0.2) is 0 Å². The molecular formula is C16H21ClN2OS. The first kappa shape index (κ1) is 16.3. The summed E-state index contributed by atoms with van der Waals surface area (Å²) in [6.07, 6.45) is 5.72. The molecule has 3 nitrogen and oxygen atoms in total. The van der Waals surface area contributed by atoms with Gasteiger partial charge in [-0.2, -0.15) is 0 Å². The van der Waals surface area contributed by atoms with E-state index in [9.17, 15) is 0 Å². The van der Waals surface area contributed by atoms with Gasteiger partial charge in [-0.05, 0) is 43.1 Å². The number of aromatic nitrogens is 1. The highest BCUT2D eigenvalue weighted by atomic mass is 35.5. The maximum absolute atomic E-state index is 6.08. The van der Waals surface area contributed by atoms with E-state index in [1.807, 2.05) is 12.3 Å². The molecule has 2 rings (SSSR count). The van der Waals surface area contributed by atoms with Gasteiger partial charge in [0.05, 0.1) is 23.2 Å². The van der Waals surface area contributed by atoms with Crippen LogP contribution in [-0.2, 0) is 0 Å². The Labute approximate surface area is 135 Å². The first-order chi connectivity index (χ1) is 10.2. The van der Waals surface area contributed by atoms with Crippen LogP contribution in [-0.4, -0.2) is 18.1 Å². The zero-order valence-corrected chi connectivity index (χ0v) is 14.0. The van der Waals surface area contributed by atoms with Gasteiger partial charge in [-0.1, -0.05) is 25.4 Å². The van der Waals surface area contributed by atoms with Crippen molar-refractivity contribution in [2.24, 2.45) is 0 Å². The molecule has 21 heavy (non-hydrogen) atoms. The second-order valence-corrected chi connectivity index (χ2v) is 6.58. The molecule has 5 heteroatoms. The van der Waals surface area contributed by atoms with Gasteiger partial charge in [0, 0.05) is 11.1 Å². The number of hydrogen-bond donors (Lipinski definition) is 1. The van der Waals surface area contributed by atoms with E-state index in [0.717, 1.165) is 35.0 Å². The molecule has 0 aliphatic carbocycles. The monoisotopic (exact) mass is 324 g/mol. The number of thiophene rings is 1. The van der Waals surface area contributed by atoms with E-state index >= 15 is 0 Å². The molecule has 2 heterocycles. The molecule has 0 aliphatic rings. The standard InChI is InChI=1S/C16H21ClN2OS/c1-3-7-19-16(14-5-6-15(17)21-14)12-9-13(11-18-10-12)20-8-4-2/h5-6,9-11,16,19H,3-4,7-8H2,1-2H3. The Hall–Kier alpha value is -1.10. The number of nitrogens with zero attached hydrogens (tertiary/aromatic N) is 1. The van der Waals surface area contributed by atoms with Gasteiger partial charge < -0.3 is 10.1 Å². The highest BCUT2D eigenvalue weighted by molar-refractivity contribution is 7.16. The third-order valence-corrected chi connectivity index (χ3v) is 4.31. The van der Waals surface area contributed by atoms with Gasteiger partial charge in [0.1, 0.15) is 5.75 Å². The van der Waals surface area contributed by atoms with E-state index in [1.165, 1.54) is 4.88 Å². The fourth-order valence-electron chi connectivity index (χ4n) is 2.05. The number of pyridine rings is 1. The van der Waals surface area contributed by atoms with Crippen molar-refractivity contribution < 1.29 is 4.74 Å². The summed E-state index contributed by atoms with van der Waals surface area (Å²) in [5, 5.41) is 3.55. The molecule has 2 aromatic heterocycles. The van der Waals surface area contributed by atoms with Crippen LogP contribution in [0.25, 0.3) is 0 Å². The molecule has 1 unspecified atom stereocenters. The minimum Gasteiger partial charge on any atom is -0.492 e. The topological polar surface area (TPSA) is 34.2 Å². The fourth-order valence-corrected chi connectivity index (χ4v) is 3.21. The largest absolute Gasteiger partial charge is 0.492 e. The zero-order valence-electron chi connectivity index (χ0n) is 12.4. The number of halogens is 1. The van der Waals surface area contributed by atoms with E-state index in [4.69, 9.17) is 16.3 Å². The fraction of sp³-hybridized carbons (Fsp3) is 0.438. The Kier molecular flexibility index (Phi) is 6.49. The molecule has 1 N–H and O–H groups in total. The minimum absolute atomic E-state index is 0.111. The van der Waals surface area contributed by atoms with Crippen LogP contribution in [0.5, 0.6) is 5.75 Å². The molecule has 1 atom stereocenters. The molecule has 0 saturated carbocycles. The van der Waals surface area contributed by atoms with Gasteiger partial charge in [0.15, 0.2) is 0 Å². The lowest BCUT2D eigenvalue weighted by atomic mass is 10.1. The molecule has 0 fully saturated rings. The predicted octanol–water partition coefficient (Wildman–Crippen LogP) is 4.67. The molecule has 0 saturated heterocycles. The maximum atomic E-state index is 6.08. The summed E-state index contributed by atoms with van der Waals surface area (Å²) < 4.78 is 6.48. The normalized spacial score (nSPS) is 12.3. The number of rotatable bonds is 8. The van der Waals surface area contributed by atoms with Crippen molar-refractivity contribution in [1.29, 1.82) is 0 Å². The molecule has 0 radical (unpaired) electrons. The third-order valence-electron chi connectivity index (χ3n) is 3.02. The average Bonchev–Trinajstić information content (AvgIpc) is 2.92. The summed E-state index contributed by atoms with van der Waals surface area (Å²) in [6.45, 7) is 5.91. The summed E-state index contributed by atoms with van der Waals surface area (Å²) in [4.78, 5) is 5.50. The average molecular weight is 325 g/mol. The Morgan fingerprint density at radius 2 is 2.14 bits per heavy atom. The zero-order chi connectivity index (χ0) is 15.1. The van der Waals surface area contributed by atoms with Crippen molar-refractivity contribution in [3.05, 3.63) is 45.4 Å². The molecule has 0 aliphatic heterocycles. The second kappa shape index (κ2) is 8.37. The van der Waals surface area contributed by atoms with Crippen molar-refractivity contribution in [1.82, 2.24) is 10.3 Å². The Morgan fingerprint density at radius 3 is 2.81 bits per heavy atom. The van der Waals surface area contributed by atoms with Crippen LogP contribution >= 0.6 is 22.9 Å². The van der Waals surface area contributed by atoms with Crippen molar-refractivity contribution in [2.45, 2.75) is 32.7 Å². The second-order valence-electron chi connectivity index (χ2n) is 4.83. The lowest BCUT2D eigenvalue weighted by Gasteiger charge is -2.18. The summed E-state index contributed by atoms with van der Waals surface area (Å²) in [5.74, 6) is 0.820. The van der Waals surface area contributed by atoms with E-state index in [-0.39, 0.29) is 6.04 Å². The number of nitrogens with one attached hydrogen (secondary N) is 1. The summed E-state index contributed by atoms with van der Waals surface area (Å²) in [6, 6.07) is 6.18. The highest BCUT2D eigenvalue weighted by Gasteiger charge is 2.16. The first-order valence-electron chi connectivity index (χ1n) is 7.31. The van der Waals surface area contributed by atoms with Gasteiger partial charge in [-0.15, -0.1) is 11.3 Å². The van der Waals surface area contributed by atoms with Crippen LogP contribution in [0, 0.1) is 0 Å². The van der Waals surface area contributed by atoms with Gasteiger partial charge in [0.2, 0.25) is 0 Å². The molecule has 0 aromatic carbocycles. The Bertz CT molecular complexity index is 559. The smallest absolute Gasteiger partial charge is 0.137 e. The Balaban J connectivity index is 2.23. The lowest BCUT2D eigenvalue weighted by Crippen LogP contribution is -2.22. The van der Waals surface area contributed by atoms with E-state index in [1.54, 1.807) is 17.5 Å². The SMILES string of the molecule is CCCNC(c1cncc(OCCC)c1)c1ccc(Cl)s1. The van der Waals surface area contributed by atoms with E-state index in [0.29, 0.717) is 6.61 Å². The predicted molar refractivity (Wildman–Crippen MR) is 89.5 cm³/mol. The quantitative estimate of drug-likeness (QED) is 0.766. The van der Waals surface area contributed by atoms with Crippen LogP contribution in [0.4, 0.5) is 0 Å². The third kappa shape index (κ3) is 4.70. The number of hydrogen-bond acceptors (Lipinski definition) is 4. The Morgan fingerprint density at radius 1 is 1.29 bits per heavy atom. The molecule has 114 valence electrons. The summed E-state index contributed by atoms with van der Waals surface area (Å²) in [7, 11) is 0. The molecule has 2 aromatic rings. The molecule has 0 amide bonds. The van der Waals surface area contributed by atoms with Crippen molar-refractivity contribution in [3.8, 4) is 5.75 Å². The summed E-state index contributed by atoms with van der Waals surface area (Å²) >= 11 is 7.68. The summed E-state index contributed by atoms with van der Waals surface area (Å²) in [5.41, 5.74) is 1.11. The van der Waals surface area contributed by atoms with Crippen molar-refractivity contribution in [2.75, 3.05) is 13.2 Å². The van der Waals surface area contributed by atoms with Crippen LogP contribution in [0.2, 0.25) is 4.34 Å². The molecule has 0 bridgehead atoms. The van der Waals surface area contributed by atoms with Crippen molar-refractivity contribution >= 4 is 22.9 Å². The first-order valence-corrected chi connectivity index (χ1v) is 8.50. The minimum atomic E-state index is 0.111. The van der Waals surface area contributed by atoms with Crippen molar-refractivity contribution in [3.63, 3.8) is 0 Å². The van der Waals surface area contributed by atoms with Crippen LogP contribution < -0.4 is 10.1 Å². The van der Waals surface area contributed by atoms with E-state index < -0.39 is 0 Å². The van der Waals surface area contributed by atoms with Crippen LogP contribution in [0.3, 0.4) is 0 Å². The van der Waals surface area contributed by atoms with Gasteiger partial charge in [-0.3, -0.25) is 4.98 Å². The van der Waals surface area contributed by atoms with Gasteiger partial charge >= 0.3 is 0 Å². The van der Waals surface area contributed by atoms with E-state index in [2.05, 4.69) is 36.3 Å². The lowest BCUT2D eigenvalue weighted by molar-refractivity contribution is 0.315.